The molecule has 1 saturated heterocycles. The summed E-state index contributed by atoms with van der Waals surface area (Å²) >= 11 is 0. The molecular formula is C19H23N7O2. The number of carbonyl (C=O) groups excluding carboxylic acids is 1. The minimum atomic E-state index is -0.159. The molecule has 1 N–H and O–H groups in total. The van der Waals surface area contributed by atoms with E-state index in [0.29, 0.717) is 29.0 Å². The summed E-state index contributed by atoms with van der Waals surface area (Å²) in [6.45, 7) is 2.13. The standard InChI is InChI=1S/C19H23N7O2/c1-25(2)18-21-16(22-19(23-18)26-9-5-6-10-26)12-20-17(27)11-14-13-7-3-4-8-15(13)28-24-14/h3-4,7-8H,5-6,9-12H2,1-2H3,(H,20,27). The van der Waals surface area contributed by atoms with Gasteiger partial charge in [0.15, 0.2) is 11.4 Å². The van der Waals surface area contributed by atoms with Gasteiger partial charge in [0.25, 0.3) is 0 Å². The van der Waals surface area contributed by atoms with Crippen molar-refractivity contribution in [2.24, 2.45) is 0 Å². The molecule has 0 radical (unpaired) electrons. The number of nitrogens with zero attached hydrogens (tertiary/aromatic N) is 6. The molecule has 1 aromatic carbocycles. The third kappa shape index (κ3) is 3.88. The maximum absolute atomic E-state index is 12.4. The predicted molar refractivity (Wildman–Crippen MR) is 105 cm³/mol. The third-order valence-corrected chi connectivity index (χ3v) is 4.67. The zero-order valence-electron chi connectivity index (χ0n) is 16.1. The van der Waals surface area contributed by atoms with Crippen LogP contribution < -0.4 is 15.1 Å². The van der Waals surface area contributed by atoms with Gasteiger partial charge in [-0.15, -0.1) is 0 Å². The Labute approximate surface area is 162 Å². The van der Waals surface area contributed by atoms with Crippen molar-refractivity contribution in [1.29, 1.82) is 0 Å². The predicted octanol–water partition coefficient (Wildman–Crippen LogP) is 1.54. The molecule has 3 aromatic rings. The van der Waals surface area contributed by atoms with Crippen LogP contribution in [0.25, 0.3) is 11.0 Å². The van der Waals surface area contributed by atoms with Gasteiger partial charge in [-0.05, 0) is 25.0 Å². The number of fused-ring (bicyclic) bond motifs is 1. The fourth-order valence-electron chi connectivity index (χ4n) is 3.19. The van der Waals surface area contributed by atoms with Crippen LogP contribution in [0.15, 0.2) is 28.8 Å². The van der Waals surface area contributed by atoms with E-state index in [1.807, 2.05) is 43.3 Å². The zero-order chi connectivity index (χ0) is 19.5. The van der Waals surface area contributed by atoms with Gasteiger partial charge in [-0.2, -0.15) is 15.0 Å². The summed E-state index contributed by atoms with van der Waals surface area (Å²) in [6, 6.07) is 7.50. The molecular weight excluding hydrogens is 358 g/mol. The number of anilines is 2. The Balaban J connectivity index is 1.45. The highest BCUT2D eigenvalue weighted by molar-refractivity contribution is 5.86. The quantitative estimate of drug-likeness (QED) is 0.686. The van der Waals surface area contributed by atoms with E-state index in [9.17, 15) is 4.79 Å². The number of benzene rings is 1. The van der Waals surface area contributed by atoms with E-state index in [-0.39, 0.29) is 18.9 Å². The lowest BCUT2D eigenvalue weighted by molar-refractivity contribution is -0.120. The maximum Gasteiger partial charge on any atom is 0.230 e. The summed E-state index contributed by atoms with van der Waals surface area (Å²) in [5.74, 6) is 1.64. The largest absolute Gasteiger partial charge is 0.356 e. The lowest BCUT2D eigenvalue weighted by Gasteiger charge is -2.18. The van der Waals surface area contributed by atoms with Crippen LogP contribution in [0.3, 0.4) is 0 Å². The Morgan fingerprint density at radius 2 is 1.96 bits per heavy atom. The molecule has 9 heteroatoms. The lowest BCUT2D eigenvalue weighted by Crippen LogP contribution is -2.28. The molecule has 1 aliphatic rings. The van der Waals surface area contributed by atoms with Crippen LogP contribution in [0, 0.1) is 0 Å². The fourth-order valence-corrected chi connectivity index (χ4v) is 3.19. The number of para-hydroxylation sites is 1. The summed E-state index contributed by atoms with van der Waals surface area (Å²) in [7, 11) is 3.78. The Hall–Kier alpha value is -3.23. The first-order valence-electron chi connectivity index (χ1n) is 9.37. The average molecular weight is 381 g/mol. The van der Waals surface area contributed by atoms with E-state index in [4.69, 9.17) is 4.52 Å². The van der Waals surface area contributed by atoms with Crippen molar-refractivity contribution in [2.75, 3.05) is 37.0 Å². The van der Waals surface area contributed by atoms with Crippen LogP contribution in [-0.2, 0) is 17.8 Å². The van der Waals surface area contributed by atoms with Crippen LogP contribution >= 0.6 is 0 Å². The minimum Gasteiger partial charge on any atom is -0.356 e. The van der Waals surface area contributed by atoms with Crippen molar-refractivity contribution >= 4 is 28.8 Å². The summed E-state index contributed by atoms with van der Waals surface area (Å²) in [5.41, 5.74) is 1.30. The molecule has 146 valence electrons. The number of rotatable bonds is 6. The summed E-state index contributed by atoms with van der Waals surface area (Å²) < 4.78 is 5.25. The van der Waals surface area contributed by atoms with Gasteiger partial charge in [0.2, 0.25) is 17.8 Å². The maximum atomic E-state index is 12.4. The van der Waals surface area contributed by atoms with Crippen LogP contribution in [0.1, 0.15) is 24.4 Å². The van der Waals surface area contributed by atoms with Crippen LogP contribution in [0.5, 0.6) is 0 Å². The highest BCUT2D eigenvalue weighted by Crippen LogP contribution is 2.19. The molecule has 0 bridgehead atoms. The smallest absolute Gasteiger partial charge is 0.230 e. The molecule has 9 nitrogen and oxygen atoms in total. The SMILES string of the molecule is CN(C)c1nc(CNC(=O)Cc2noc3ccccc23)nc(N2CCCC2)n1. The molecule has 2 aromatic heterocycles. The molecule has 0 unspecified atom stereocenters. The van der Waals surface area contributed by atoms with Gasteiger partial charge in [0, 0.05) is 32.6 Å². The Morgan fingerprint density at radius 1 is 1.18 bits per heavy atom. The first-order valence-corrected chi connectivity index (χ1v) is 9.37. The molecule has 3 heterocycles. The molecule has 4 rings (SSSR count). The molecule has 1 fully saturated rings. The van der Waals surface area contributed by atoms with Crippen LogP contribution in [-0.4, -0.2) is 53.2 Å². The van der Waals surface area contributed by atoms with Crippen molar-refractivity contribution in [3.8, 4) is 0 Å². The van der Waals surface area contributed by atoms with Crippen molar-refractivity contribution in [1.82, 2.24) is 25.4 Å². The zero-order valence-corrected chi connectivity index (χ0v) is 16.1. The number of carbonyl (C=O) groups is 1. The second-order valence-corrected chi connectivity index (χ2v) is 7.02. The Morgan fingerprint density at radius 3 is 2.75 bits per heavy atom. The second kappa shape index (κ2) is 7.79. The van der Waals surface area contributed by atoms with Gasteiger partial charge < -0.3 is 19.6 Å². The average Bonchev–Trinajstić information content (AvgIpc) is 3.37. The lowest BCUT2D eigenvalue weighted by atomic mass is 10.1. The van der Waals surface area contributed by atoms with Gasteiger partial charge >= 0.3 is 0 Å². The number of hydrogen-bond acceptors (Lipinski definition) is 8. The van der Waals surface area contributed by atoms with E-state index in [0.717, 1.165) is 31.3 Å². The van der Waals surface area contributed by atoms with Gasteiger partial charge in [0.1, 0.15) is 5.69 Å². The van der Waals surface area contributed by atoms with E-state index in [1.165, 1.54) is 0 Å². The van der Waals surface area contributed by atoms with Crippen LogP contribution in [0.4, 0.5) is 11.9 Å². The Kier molecular flexibility index (Phi) is 5.05. The van der Waals surface area contributed by atoms with Crippen molar-refractivity contribution in [2.45, 2.75) is 25.8 Å². The summed E-state index contributed by atoms with van der Waals surface area (Å²) in [5, 5.41) is 7.73. The number of amides is 1. The second-order valence-electron chi connectivity index (χ2n) is 7.02. The van der Waals surface area contributed by atoms with E-state index >= 15 is 0 Å². The van der Waals surface area contributed by atoms with E-state index in [2.05, 4.69) is 30.3 Å². The van der Waals surface area contributed by atoms with Gasteiger partial charge in [0.05, 0.1) is 13.0 Å². The van der Waals surface area contributed by atoms with Crippen molar-refractivity contribution < 1.29 is 9.32 Å². The summed E-state index contributed by atoms with van der Waals surface area (Å²) in [4.78, 5) is 29.9. The Bertz CT molecular complexity index is 979. The van der Waals surface area contributed by atoms with Gasteiger partial charge in [-0.25, -0.2) is 0 Å². The van der Waals surface area contributed by atoms with E-state index < -0.39 is 0 Å². The molecule has 1 aliphatic heterocycles. The molecule has 0 saturated carbocycles. The monoisotopic (exact) mass is 381 g/mol. The fraction of sp³-hybridized carbons (Fsp3) is 0.421. The first kappa shape index (κ1) is 18.1. The molecule has 0 aliphatic carbocycles. The molecule has 28 heavy (non-hydrogen) atoms. The summed E-state index contributed by atoms with van der Waals surface area (Å²) in [6.07, 6.45) is 2.42. The number of nitrogens with one attached hydrogen (secondary N) is 1. The topological polar surface area (TPSA) is 100 Å². The van der Waals surface area contributed by atoms with Crippen molar-refractivity contribution in [3.63, 3.8) is 0 Å². The normalized spacial score (nSPS) is 13.9. The van der Waals surface area contributed by atoms with E-state index in [1.54, 1.807) is 0 Å². The van der Waals surface area contributed by atoms with Crippen LogP contribution in [0.2, 0.25) is 0 Å². The molecule has 0 atom stereocenters. The van der Waals surface area contributed by atoms with Crippen molar-refractivity contribution in [3.05, 3.63) is 35.8 Å². The molecule has 1 amide bonds. The highest BCUT2D eigenvalue weighted by Gasteiger charge is 2.18. The number of aromatic nitrogens is 4. The molecule has 0 spiro atoms. The number of hydrogen-bond donors (Lipinski definition) is 1. The highest BCUT2D eigenvalue weighted by atomic mass is 16.5. The first-order chi connectivity index (χ1) is 13.6. The van der Waals surface area contributed by atoms with Gasteiger partial charge in [-0.3, -0.25) is 4.79 Å². The third-order valence-electron chi connectivity index (χ3n) is 4.67. The minimum absolute atomic E-state index is 0.140. The van der Waals surface area contributed by atoms with Gasteiger partial charge in [-0.1, -0.05) is 17.3 Å².